The number of nitro benzene ring substituents is 1. The van der Waals surface area contributed by atoms with E-state index in [4.69, 9.17) is 5.73 Å². The normalized spacial score (nSPS) is 28.3. The summed E-state index contributed by atoms with van der Waals surface area (Å²) in [5.74, 6) is -2.92. The number of carbonyl (C=O) groups is 1. The zero-order valence-electron chi connectivity index (χ0n) is 16.4. The van der Waals surface area contributed by atoms with Gasteiger partial charge >= 0.3 is 6.09 Å². The van der Waals surface area contributed by atoms with E-state index in [1.165, 1.54) is 16.7 Å². The van der Waals surface area contributed by atoms with Crippen LogP contribution in [0.1, 0.15) is 39.7 Å². The average molecular weight is 428 g/mol. The molecular formula is C18H22F2N4O4S. The van der Waals surface area contributed by atoms with Crippen molar-refractivity contribution in [2.75, 3.05) is 6.54 Å². The highest BCUT2D eigenvalue weighted by Gasteiger charge is 2.67. The highest BCUT2D eigenvalue weighted by atomic mass is 32.2. The van der Waals surface area contributed by atoms with Crippen molar-refractivity contribution in [2.45, 2.75) is 49.9 Å². The number of nitrogens with zero attached hydrogens (tertiary/aromatic N) is 3. The highest BCUT2D eigenvalue weighted by Crippen LogP contribution is 2.66. The molecule has 0 aromatic heterocycles. The van der Waals surface area contributed by atoms with Crippen LogP contribution in [0, 0.1) is 27.7 Å². The summed E-state index contributed by atoms with van der Waals surface area (Å²) in [5.41, 5.74) is 3.12. The molecule has 0 bridgehead atoms. The largest absolute Gasteiger partial charge is 0.465 e. The zero-order chi connectivity index (χ0) is 21.9. The third-order valence-electron chi connectivity index (χ3n) is 5.59. The van der Waals surface area contributed by atoms with E-state index in [9.17, 15) is 28.8 Å². The number of nitro groups is 1. The molecular weight excluding hydrogens is 406 g/mol. The fourth-order valence-corrected chi connectivity index (χ4v) is 5.48. The smallest absolute Gasteiger partial charge is 0.407 e. The van der Waals surface area contributed by atoms with Crippen LogP contribution in [0.15, 0.2) is 17.1 Å². The molecule has 1 aromatic carbocycles. The average Bonchev–Trinajstić information content (AvgIpc) is 3.28. The van der Waals surface area contributed by atoms with E-state index >= 15 is 0 Å². The molecule has 1 amide bonds. The third kappa shape index (κ3) is 3.52. The minimum Gasteiger partial charge on any atom is -0.465 e. The number of hydrogen-bond donors (Lipinski definition) is 2. The number of thioether (sulfide) groups is 1. The fraction of sp³-hybridized carbons (Fsp3) is 0.556. The van der Waals surface area contributed by atoms with Crippen LogP contribution in [0.4, 0.5) is 19.3 Å². The Balaban J connectivity index is 2.06. The lowest BCUT2D eigenvalue weighted by molar-refractivity contribution is -0.385. The molecule has 11 heteroatoms. The Morgan fingerprint density at radius 1 is 1.48 bits per heavy atom. The second-order valence-corrected chi connectivity index (χ2v) is 10.0. The first-order valence-corrected chi connectivity index (χ1v) is 9.72. The van der Waals surface area contributed by atoms with Crippen LogP contribution in [0.5, 0.6) is 0 Å². The summed E-state index contributed by atoms with van der Waals surface area (Å²) in [6.45, 7) is 6.94. The molecule has 1 aliphatic carbocycles. The van der Waals surface area contributed by atoms with Crippen molar-refractivity contribution in [3.8, 4) is 0 Å². The molecule has 0 unspecified atom stereocenters. The predicted molar refractivity (Wildman–Crippen MR) is 105 cm³/mol. The molecule has 3 atom stereocenters. The number of fused-ring (bicyclic) bond motifs is 1. The number of benzene rings is 1. The van der Waals surface area contributed by atoms with E-state index in [-0.39, 0.29) is 23.2 Å². The van der Waals surface area contributed by atoms with Gasteiger partial charge in [-0.15, -0.1) is 0 Å². The van der Waals surface area contributed by atoms with Gasteiger partial charge in [-0.2, -0.15) is 0 Å². The maximum Gasteiger partial charge on any atom is 0.407 e. The summed E-state index contributed by atoms with van der Waals surface area (Å²) in [4.78, 5) is 27.7. The molecule has 1 aliphatic heterocycles. The molecule has 1 fully saturated rings. The molecule has 2 aliphatic rings. The van der Waals surface area contributed by atoms with Gasteiger partial charge < -0.3 is 15.7 Å². The molecule has 158 valence electrons. The Morgan fingerprint density at radius 3 is 2.62 bits per heavy atom. The van der Waals surface area contributed by atoms with Crippen molar-refractivity contribution in [3.05, 3.63) is 39.4 Å². The van der Waals surface area contributed by atoms with Crippen LogP contribution >= 0.6 is 11.8 Å². The maximum atomic E-state index is 14.7. The van der Waals surface area contributed by atoms with Crippen molar-refractivity contribution in [3.63, 3.8) is 0 Å². The van der Waals surface area contributed by atoms with Crippen LogP contribution in [0.25, 0.3) is 0 Å². The number of amidine groups is 1. The van der Waals surface area contributed by atoms with Gasteiger partial charge in [0.25, 0.3) is 5.69 Å². The number of nitrogens with two attached hydrogens (primary N) is 1. The van der Waals surface area contributed by atoms with Crippen molar-refractivity contribution >= 4 is 28.7 Å². The van der Waals surface area contributed by atoms with Gasteiger partial charge in [0.1, 0.15) is 0 Å². The molecule has 1 aromatic rings. The van der Waals surface area contributed by atoms with E-state index < -0.39 is 44.2 Å². The van der Waals surface area contributed by atoms with Gasteiger partial charge in [-0.05, 0) is 34.1 Å². The minimum atomic E-state index is -1.35. The SMILES string of the molecule is CC(C)(C)N(C[C@@]12C[C@H]1[C@@](C)(c1cc([N+](=O)[O-])cc(F)c1F)N=C(N)S2)C(=O)O. The molecule has 1 heterocycles. The molecule has 3 rings (SSSR count). The molecule has 0 saturated heterocycles. The Hall–Kier alpha value is -2.43. The van der Waals surface area contributed by atoms with Gasteiger partial charge in [0, 0.05) is 34.4 Å². The molecule has 3 N–H and O–H groups in total. The van der Waals surface area contributed by atoms with Gasteiger partial charge in [0.2, 0.25) is 0 Å². The maximum absolute atomic E-state index is 14.7. The van der Waals surface area contributed by atoms with Crippen LogP contribution < -0.4 is 5.73 Å². The lowest BCUT2D eigenvalue weighted by Crippen LogP contribution is -2.51. The minimum absolute atomic E-state index is 0.104. The fourth-order valence-electron chi connectivity index (χ4n) is 4.01. The van der Waals surface area contributed by atoms with Crippen LogP contribution in [-0.4, -0.2) is 43.0 Å². The number of aliphatic imine (C=N–C) groups is 1. The summed E-state index contributed by atoms with van der Waals surface area (Å²) >= 11 is 1.21. The topological polar surface area (TPSA) is 122 Å². The summed E-state index contributed by atoms with van der Waals surface area (Å²) in [7, 11) is 0. The van der Waals surface area contributed by atoms with Gasteiger partial charge in [-0.25, -0.2) is 13.6 Å². The second-order valence-electron chi connectivity index (χ2n) is 8.61. The number of carboxylic acid groups (broad SMARTS) is 1. The van der Waals surface area contributed by atoms with E-state index in [0.29, 0.717) is 12.5 Å². The Kier molecular flexibility index (Phi) is 4.80. The number of halogens is 2. The Bertz CT molecular complexity index is 935. The van der Waals surface area contributed by atoms with Crippen molar-refractivity contribution in [1.82, 2.24) is 4.90 Å². The van der Waals surface area contributed by atoms with Gasteiger partial charge in [-0.3, -0.25) is 15.1 Å². The lowest BCUT2D eigenvalue weighted by atomic mass is 9.85. The first kappa shape index (κ1) is 21.3. The van der Waals surface area contributed by atoms with Gasteiger partial charge in [-0.1, -0.05) is 11.8 Å². The zero-order valence-corrected chi connectivity index (χ0v) is 17.2. The summed E-state index contributed by atoms with van der Waals surface area (Å²) in [6, 6.07) is 1.51. The van der Waals surface area contributed by atoms with Crippen molar-refractivity contribution < 1.29 is 23.6 Å². The summed E-state index contributed by atoms with van der Waals surface area (Å²) in [6.07, 6.45) is -0.643. The Labute approximate surface area is 170 Å². The van der Waals surface area contributed by atoms with E-state index in [2.05, 4.69) is 4.99 Å². The molecule has 29 heavy (non-hydrogen) atoms. The lowest BCUT2D eigenvalue weighted by Gasteiger charge is -2.39. The number of non-ortho nitro benzene ring substituents is 1. The van der Waals surface area contributed by atoms with Crippen molar-refractivity contribution in [2.24, 2.45) is 16.6 Å². The summed E-state index contributed by atoms with van der Waals surface area (Å²) in [5, 5.41) is 20.9. The number of hydrogen-bond acceptors (Lipinski definition) is 6. The summed E-state index contributed by atoms with van der Waals surface area (Å²) < 4.78 is 28.1. The van der Waals surface area contributed by atoms with Crippen LogP contribution in [0.3, 0.4) is 0 Å². The van der Waals surface area contributed by atoms with E-state index in [0.717, 1.165) is 6.07 Å². The van der Waals surface area contributed by atoms with E-state index in [1.54, 1.807) is 27.7 Å². The first-order chi connectivity index (χ1) is 13.2. The number of rotatable bonds is 4. The quantitative estimate of drug-likeness (QED) is 0.557. The standard InChI is InChI=1S/C18H22F2N4O4S/c1-16(2,3)23(15(25)26)8-18-7-12(18)17(4,22-14(21)29-18)10-5-9(24(27)28)6-11(19)13(10)20/h5-6,12H,7-8H2,1-4H3,(H2,21,22)(H,25,26)/t12-,17+,18-/m0/s1. The highest BCUT2D eigenvalue weighted by molar-refractivity contribution is 8.15. The third-order valence-corrected chi connectivity index (χ3v) is 6.88. The monoisotopic (exact) mass is 428 g/mol. The molecule has 8 nitrogen and oxygen atoms in total. The second kappa shape index (κ2) is 6.54. The van der Waals surface area contributed by atoms with E-state index in [1.807, 2.05) is 0 Å². The van der Waals surface area contributed by atoms with Crippen molar-refractivity contribution in [1.29, 1.82) is 0 Å². The van der Waals surface area contributed by atoms with Crippen LogP contribution in [-0.2, 0) is 5.54 Å². The molecule has 0 radical (unpaired) electrons. The van der Waals surface area contributed by atoms with Crippen LogP contribution in [0.2, 0.25) is 0 Å². The van der Waals surface area contributed by atoms with Gasteiger partial charge in [0.15, 0.2) is 16.8 Å². The first-order valence-electron chi connectivity index (χ1n) is 8.90. The molecule has 0 spiro atoms. The number of amides is 1. The predicted octanol–water partition coefficient (Wildman–Crippen LogP) is 3.69. The molecule has 1 saturated carbocycles. The Morgan fingerprint density at radius 2 is 2.10 bits per heavy atom. The van der Waals surface area contributed by atoms with Gasteiger partial charge in [0.05, 0.1) is 16.5 Å².